The van der Waals surface area contributed by atoms with Crippen LogP contribution in [0.2, 0.25) is 0 Å². The van der Waals surface area contributed by atoms with Crippen LogP contribution in [0.5, 0.6) is 11.6 Å². The molecule has 1 aliphatic heterocycles. The van der Waals surface area contributed by atoms with E-state index < -0.39 is 0 Å². The highest BCUT2D eigenvalue weighted by molar-refractivity contribution is 6.06. The lowest BCUT2D eigenvalue weighted by Gasteiger charge is -2.44. The number of hydrogen-bond donors (Lipinski definition) is 1. The summed E-state index contributed by atoms with van der Waals surface area (Å²) in [5.41, 5.74) is 4.05. The van der Waals surface area contributed by atoms with E-state index in [1.165, 1.54) is 0 Å². The minimum absolute atomic E-state index is 0.114. The molecule has 2 heterocycles. The third-order valence-corrected chi connectivity index (χ3v) is 6.67. The third kappa shape index (κ3) is 4.10. The zero-order valence-electron chi connectivity index (χ0n) is 19.6. The first-order chi connectivity index (χ1) is 15.6. The molecular formula is C27H29N3O3. The van der Waals surface area contributed by atoms with Gasteiger partial charge in [-0.05, 0) is 41.4 Å². The van der Waals surface area contributed by atoms with Crippen LogP contribution in [0.4, 0.5) is 0 Å². The van der Waals surface area contributed by atoms with Gasteiger partial charge in [-0.25, -0.2) is 4.98 Å². The zero-order chi connectivity index (χ0) is 23.4. The zero-order valence-corrected chi connectivity index (χ0v) is 19.6. The third-order valence-electron chi connectivity index (χ3n) is 6.67. The number of carbonyl (C=O) groups is 2. The molecule has 0 saturated heterocycles. The molecule has 1 N–H and O–H groups in total. The predicted molar refractivity (Wildman–Crippen MR) is 125 cm³/mol. The number of hydrogen-bond acceptors (Lipinski definition) is 6. The summed E-state index contributed by atoms with van der Waals surface area (Å²) in [4.78, 5) is 35.1. The Morgan fingerprint density at radius 1 is 0.909 bits per heavy atom. The summed E-state index contributed by atoms with van der Waals surface area (Å²) in [5.74, 6) is 0.842. The molecule has 0 saturated carbocycles. The Hall–Kier alpha value is -3.28. The molecule has 170 valence electrons. The van der Waals surface area contributed by atoms with Crippen LogP contribution < -0.4 is 10.1 Å². The normalized spacial score (nSPS) is 21.9. The van der Waals surface area contributed by atoms with Crippen LogP contribution in [0, 0.1) is 10.8 Å². The van der Waals surface area contributed by atoms with Gasteiger partial charge in [-0.2, -0.15) is 0 Å². The first-order valence-corrected chi connectivity index (χ1v) is 11.5. The summed E-state index contributed by atoms with van der Waals surface area (Å²) in [6.07, 6.45) is 7.23. The van der Waals surface area contributed by atoms with Crippen molar-refractivity contribution in [1.29, 1.82) is 0 Å². The molecule has 2 aliphatic carbocycles. The van der Waals surface area contributed by atoms with E-state index >= 15 is 0 Å². The molecule has 0 atom stereocenters. The van der Waals surface area contributed by atoms with Gasteiger partial charge in [0.1, 0.15) is 5.75 Å². The second-order valence-corrected chi connectivity index (χ2v) is 10.9. The minimum Gasteiger partial charge on any atom is -0.437 e. The molecule has 6 heteroatoms. The van der Waals surface area contributed by atoms with E-state index in [2.05, 4.69) is 43.0 Å². The number of nitrogens with zero attached hydrogens (tertiary/aromatic N) is 2. The Balaban J connectivity index is 1.62. The molecular weight excluding hydrogens is 414 g/mol. The Morgan fingerprint density at radius 2 is 1.55 bits per heavy atom. The molecule has 1 aromatic carbocycles. The van der Waals surface area contributed by atoms with Crippen molar-refractivity contribution in [3.63, 3.8) is 0 Å². The van der Waals surface area contributed by atoms with Crippen LogP contribution >= 0.6 is 0 Å². The number of ketones is 2. The maximum atomic E-state index is 13.4. The molecule has 3 aliphatic rings. The molecule has 5 rings (SSSR count). The summed E-state index contributed by atoms with van der Waals surface area (Å²) in [6, 6.07) is 7.65. The predicted octanol–water partition coefficient (Wildman–Crippen LogP) is 5.24. The van der Waals surface area contributed by atoms with Crippen molar-refractivity contribution in [2.24, 2.45) is 10.8 Å². The van der Waals surface area contributed by atoms with Crippen molar-refractivity contribution < 1.29 is 14.3 Å². The van der Waals surface area contributed by atoms with Crippen molar-refractivity contribution in [2.75, 3.05) is 0 Å². The Morgan fingerprint density at radius 3 is 2.12 bits per heavy atom. The Kier molecular flexibility index (Phi) is 5.00. The number of carbonyl (C=O) groups excluding carboxylic acids is 2. The molecule has 1 aromatic heterocycles. The van der Waals surface area contributed by atoms with E-state index in [1.807, 2.05) is 24.3 Å². The van der Waals surface area contributed by atoms with E-state index in [1.54, 1.807) is 18.6 Å². The summed E-state index contributed by atoms with van der Waals surface area (Å²) in [6.45, 7) is 8.50. The Bertz CT molecular complexity index is 1160. The molecule has 0 fully saturated rings. The number of benzene rings is 1. The van der Waals surface area contributed by atoms with Gasteiger partial charge < -0.3 is 10.1 Å². The van der Waals surface area contributed by atoms with Gasteiger partial charge in [0.25, 0.3) is 0 Å². The number of dihydropyridines is 1. The minimum atomic E-state index is -0.381. The maximum Gasteiger partial charge on any atom is 0.237 e. The molecule has 0 amide bonds. The number of rotatable bonds is 3. The Labute approximate surface area is 194 Å². The average molecular weight is 444 g/mol. The number of Topliss-reactive ketones (excluding diaryl/α,β-unsaturated/α-hetero) is 2. The van der Waals surface area contributed by atoms with Gasteiger partial charge in [-0.15, -0.1) is 0 Å². The van der Waals surface area contributed by atoms with Gasteiger partial charge in [0.15, 0.2) is 11.6 Å². The molecule has 2 aromatic rings. The smallest absolute Gasteiger partial charge is 0.237 e. The van der Waals surface area contributed by atoms with Crippen LogP contribution in [0.25, 0.3) is 0 Å². The topological polar surface area (TPSA) is 81.2 Å². The van der Waals surface area contributed by atoms with Crippen molar-refractivity contribution in [1.82, 2.24) is 15.3 Å². The fourth-order valence-corrected chi connectivity index (χ4v) is 5.44. The first kappa shape index (κ1) is 21.6. The van der Waals surface area contributed by atoms with E-state index in [4.69, 9.17) is 4.74 Å². The monoisotopic (exact) mass is 443 g/mol. The second-order valence-electron chi connectivity index (χ2n) is 10.9. The molecule has 0 radical (unpaired) electrons. The van der Waals surface area contributed by atoms with Gasteiger partial charge in [0.2, 0.25) is 5.88 Å². The van der Waals surface area contributed by atoms with Crippen LogP contribution in [-0.2, 0) is 9.59 Å². The quantitative estimate of drug-likeness (QED) is 0.698. The number of ether oxygens (including phenoxy) is 1. The van der Waals surface area contributed by atoms with Crippen molar-refractivity contribution in [3.8, 4) is 11.6 Å². The van der Waals surface area contributed by atoms with E-state index in [9.17, 15) is 9.59 Å². The lowest BCUT2D eigenvalue weighted by molar-refractivity contribution is -0.119. The molecule has 0 unspecified atom stereocenters. The van der Waals surface area contributed by atoms with Gasteiger partial charge >= 0.3 is 0 Å². The first-order valence-electron chi connectivity index (χ1n) is 11.5. The van der Waals surface area contributed by atoms with E-state index in [-0.39, 0.29) is 28.3 Å². The highest BCUT2D eigenvalue weighted by atomic mass is 16.5. The summed E-state index contributed by atoms with van der Waals surface area (Å²) >= 11 is 0. The molecule has 0 spiro atoms. The number of nitrogens with one attached hydrogen (secondary N) is 1. The summed E-state index contributed by atoms with van der Waals surface area (Å²) < 4.78 is 5.91. The lowest BCUT2D eigenvalue weighted by atomic mass is 9.64. The van der Waals surface area contributed by atoms with Gasteiger partial charge in [-0.3, -0.25) is 14.6 Å². The highest BCUT2D eigenvalue weighted by Gasteiger charge is 2.46. The summed E-state index contributed by atoms with van der Waals surface area (Å²) in [7, 11) is 0. The largest absolute Gasteiger partial charge is 0.437 e. The maximum absolute atomic E-state index is 13.4. The van der Waals surface area contributed by atoms with E-state index in [0.717, 1.165) is 40.9 Å². The molecule has 0 bridgehead atoms. The standard InChI is InChI=1S/C27H29N3O3/c1-26(2)11-18-24(20(31)13-26)23(25-19(30-18)12-27(3,4)14-21(25)32)16-6-5-7-17(10-16)33-22-15-28-8-9-29-22/h5-10,15,23,30H,11-14H2,1-4H3. The summed E-state index contributed by atoms with van der Waals surface area (Å²) in [5, 5.41) is 3.55. The van der Waals surface area contributed by atoms with Crippen LogP contribution in [0.3, 0.4) is 0 Å². The number of aromatic nitrogens is 2. The lowest BCUT2D eigenvalue weighted by Crippen LogP contribution is -2.42. The molecule has 33 heavy (non-hydrogen) atoms. The van der Waals surface area contributed by atoms with Gasteiger partial charge in [-0.1, -0.05) is 39.8 Å². The van der Waals surface area contributed by atoms with Gasteiger partial charge in [0.05, 0.1) is 6.20 Å². The van der Waals surface area contributed by atoms with Crippen LogP contribution in [0.1, 0.15) is 64.9 Å². The van der Waals surface area contributed by atoms with Crippen LogP contribution in [-0.4, -0.2) is 21.5 Å². The van der Waals surface area contributed by atoms with Gasteiger partial charge in [0, 0.05) is 53.7 Å². The molecule has 6 nitrogen and oxygen atoms in total. The average Bonchev–Trinajstić information content (AvgIpc) is 2.71. The fraction of sp³-hybridized carbons (Fsp3) is 0.407. The fourth-order valence-electron chi connectivity index (χ4n) is 5.44. The second kappa shape index (κ2) is 7.65. The number of allylic oxidation sites excluding steroid dienone is 4. The SMILES string of the molecule is CC1(C)CC(=O)C2=C(C1)NC1=C(C(=O)CC(C)(C)C1)C2c1cccc(Oc2cnccn2)c1. The van der Waals surface area contributed by atoms with Crippen molar-refractivity contribution in [2.45, 2.75) is 59.3 Å². The highest BCUT2D eigenvalue weighted by Crippen LogP contribution is 2.51. The van der Waals surface area contributed by atoms with Crippen molar-refractivity contribution in [3.05, 3.63) is 71.0 Å². The van der Waals surface area contributed by atoms with E-state index in [0.29, 0.717) is 24.5 Å². The van der Waals surface area contributed by atoms with Crippen LogP contribution in [0.15, 0.2) is 65.4 Å². The van der Waals surface area contributed by atoms with Crippen molar-refractivity contribution >= 4 is 11.6 Å².